The predicted molar refractivity (Wildman–Crippen MR) is 82.8 cm³/mol. The molecule has 21 heavy (non-hydrogen) atoms. The first-order valence-corrected chi connectivity index (χ1v) is 7.00. The molecule has 2 aromatic rings. The molecule has 3 heteroatoms. The predicted octanol–water partition coefficient (Wildman–Crippen LogP) is 4.28. The Balaban J connectivity index is 2.26. The van der Waals surface area contributed by atoms with Gasteiger partial charge in [-0.2, -0.15) is 0 Å². The molecule has 1 amide bonds. The topological polar surface area (TPSA) is 20.3 Å². The zero-order chi connectivity index (χ0) is 15.6. The van der Waals surface area contributed by atoms with Gasteiger partial charge in [-0.15, -0.1) is 0 Å². The summed E-state index contributed by atoms with van der Waals surface area (Å²) in [6.45, 7) is 5.89. The number of rotatable bonds is 3. The number of carbonyl (C=O) groups excluding carboxylic acids is 1. The van der Waals surface area contributed by atoms with Crippen molar-refractivity contribution in [3.8, 4) is 0 Å². The van der Waals surface area contributed by atoms with Crippen LogP contribution < -0.4 is 0 Å². The van der Waals surface area contributed by atoms with Crippen LogP contribution in [0, 0.1) is 19.7 Å². The van der Waals surface area contributed by atoms with Crippen LogP contribution in [0.2, 0.25) is 0 Å². The van der Waals surface area contributed by atoms with E-state index in [0.717, 1.165) is 16.7 Å². The summed E-state index contributed by atoms with van der Waals surface area (Å²) in [5, 5.41) is 0. The molecule has 0 aliphatic carbocycles. The minimum Gasteiger partial charge on any atom is -0.335 e. The van der Waals surface area contributed by atoms with E-state index in [1.54, 1.807) is 24.1 Å². The molecule has 0 radical (unpaired) electrons. The molecule has 1 unspecified atom stereocenters. The molecule has 0 spiro atoms. The van der Waals surface area contributed by atoms with Crippen molar-refractivity contribution in [2.45, 2.75) is 26.8 Å². The average Bonchev–Trinajstić information content (AvgIpc) is 2.48. The van der Waals surface area contributed by atoms with Crippen molar-refractivity contribution < 1.29 is 9.18 Å². The molecule has 0 saturated heterocycles. The van der Waals surface area contributed by atoms with Crippen LogP contribution in [0.4, 0.5) is 4.39 Å². The SMILES string of the molecule is Cc1cccc(C(=O)N(C)C(C)c2ccc(F)cc2)c1C. The van der Waals surface area contributed by atoms with Crippen LogP contribution in [-0.2, 0) is 0 Å². The molecule has 0 aliphatic heterocycles. The lowest BCUT2D eigenvalue weighted by atomic mass is 10.0. The second-order valence-electron chi connectivity index (χ2n) is 5.39. The summed E-state index contributed by atoms with van der Waals surface area (Å²) in [5.41, 5.74) is 3.73. The molecule has 0 bridgehead atoms. The van der Waals surface area contributed by atoms with E-state index in [-0.39, 0.29) is 17.8 Å². The molecular formula is C18H20FNO. The van der Waals surface area contributed by atoms with Crippen LogP contribution in [0.1, 0.15) is 40.0 Å². The highest BCUT2D eigenvalue weighted by atomic mass is 19.1. The Morgan fingerprint density at radius 1 is 1.10 bits per heavy atom. The van der Waals surface area contributed by atoms with Gasteiger partial charge in [-0.05, 0) is 55.7 Å². The van der Waals surface area contributed by atoms with Crippen molar-refractivity contribution in [3.63, 3.8) is 0 Å². The highest BCUT2D eigenvalue weighted by Crippen LogP contribution is 2.23. The van der Waals surface area contributed by atoms with Gasteiger partial charge in [0.1, 0.15) is 5.82 Å². The lowest BCUT2D eigenvalue weighted by molar-refractivity contribution is 0.0742. The molecule has 2 nitrogen and oxygen atoms in total. The average molecular weight is 285 g/mol. The first-order valence-electron chi connectivity index (χ1n) is 7.00. The molecular weight excluding hydrogens is 265 g/mol. The maximum atomic E-state index is 13.0. The Bertz CT molecular complexity index is 649. The van der Waals surface area contributed by atoms with Gasteiger partial charge < -0.3 is 4.90 Å². The third-order valence-corrected chi connectivity index (χ3v) is 4.09. The van der Waals surface area contributed by atoms with Gasteiger partial charge in [0.15, 0.2) is 0 Å². The van der Waals surface area contributed by atoms with E-state index in [9.17, 15) is 9.18 Å². The fourth-order valence-electron chi connectivity index (χ4n) is 2.31. The summed E-state index contributed by atoms with van der Waals surface area (Å²) in [6, 6.07) is 11.9. The molecule has 2 aromatic carbocycles. The van der Waals surface area contributed by atoms with Crippen molar-refractivity contribution in [1.82, 2.24) is 4.90 Å². The number of hydrogen-bond acceptors (Lipinski definition) is 1. The van der Waals surface area contributed by atoms with Crippen LogP contribution in [0.15, 0.2) is 42.5 Å². The first-order chi connectivity index (χ1) is 9.91. The number of halogens is 1. The molecule has 0 fully saturated rings. The fraction of sp³-hybridized carbons (Fsp3) is 0.278. The molecule has 1 atom stereocenters. The minimum atomic E-state index is -0.269. The molecule has 0 heterocycles. The van der Waals surface area contributed by atoms with Gasteiger partial charge in [-0.3, -0.25) is 4.79 Å². The molecule has 0 saturated carbocycles. The van der Waals surface area contributed by atoms with Gasteiger partial charge in [0, 0.05) is 12.6 Å². The highest BCUT2D eigenvalue weighted by Gasteiger charge is 2.20. The van der Waals surface area contributed by atoms with E-state index in [4.69, 9.17) is 0 Å². The second kappa shape index (κ2) is 6.08. The maximum Gasteiger partial charge on any atom is 0.254 e. The van der Waals surface area contributed by atoms with Gasteiger partial charge in [-0.1, -0.05) is 24.3 Å². The van der Waals surface area contributed by atoms with Crippen LogP contribution in [-0.4, -0.2) is 17.9 Å². The Morgan fingerprint density at radius 3 is 2.33 bits per heavy atom. The second-order valence-corrected chi connectivity index (χ2v) is 5.39. The first kappa shape index (κ1) is 15.2. The van der Waals surface area contributed by atoms with Crippen LogP contribution in [0.5, 0.6) is 0 Å². The number of benzene rings is 2. The van der Waals surface area contributed by atoms with Crippen molar-refractivity contribution in [1.29, 1.82) is 0 Å². The van der Waals surface area contributed by atoms with E-state index in [1.807, 2.05) is 39.0 Å². The number of nitrogens with zero attached hydrogens (tertiary/aromatic N) is 1. The van der Waals surface area contributed by atoms with E-state index in [2.05, 4.69) is 0 Å². The van der Waals surface area contributed by atoms with Gasteiger partial charge in [0.05, 0.1) is 6.04 Å². The lowest BCUT2D eigenvalue weighted by Crippen LogP contribution is -2.30. The third kappa shape index (κ3) is 3.13. The standard InChI is InChI=1S/C18H20FNO/c1-12-6-5-7-17(13(12)2)18(21)20(4)14(3)15-8-10-16(19)11-9-15/h5-11,14H,1-4H3. The van der Waals surface area contributed by atoms with E-state index >= 15 is 0 Å². The quantitative estimate of drug-likeness (QED) is 0.824. The summed E-state index contributed by atoms with van der Waals surface area (Å²) in [5.74, 6) is -0.289. The summed E-state index contributed by atoms with van der Waals surface area (Å²) in [7, 11) is 1.78. The van der Waals surface area contributed by atoms with E-state index < -0.39 is 0 Å². The molecule has 0 aromatic heterocycles. The molecule has 2 rings (SSSR count). The summed E-state index contributed by atoms with van der Waals surface area (Å²) < 4.78 is 13.0. The largest absolute Gasteiger partial charge is 0.335 e. The Hall–Kier alpha value is -2.16. The number of carbonyl (C=O) groups is 1. The van der Waals surface area contributed by atoms with Crippen molar-refractivity contribution in [2.75, 3.05) is 7.05 Å². The van der Waals surface area contributed by atoms with E-state index in [1.165, 1.54) is 12.1 Å². The summed E-state index contributed by atoms with van der Waals surface area (Å²) in [6.07, 6.45) is 0. The van der Waals surface area contributed by atoms with Crippen molar-refractivity contribution in [2.24, 2.45) is 0 Å². The lowest BCUT2D eigenvalue weighted by Gasteiger charge is -2.26. The Kier molecular flexibility index (Phi) is 4.41. The Morgan fingerprint density at radius 2 is 1.71 bits per heavy atom. The summed E-state index contributed by atoms with van der Waals surface area (Å²) in [4.78, 5) is 14.3. The van der Waals surface area contributed by atoms with Crippen molar-refractivity contribution in [3.05, 3.63) is 70.5 Å². The van der Waals surface area contributed by atoms with Gasteiger partial charge in [0.25, 0.3) is 5.91 Å². The number of aryl methyl sites for hydroxylation is 1. The normalized spacial score (nSPS) is 12.0. The maximum absolute atomic E-state index is 13.0. The van der Waals surface area contributed by atoms with Crippen molar-refractivity contribution >= 4 is 5.91 Å². The van der Waals surface area contributed by atoms with Gasteiger partial charge in [0.2, 0.25) is 0 Å². The smallest absolute Gasteiger partial charge is 0.254 e. The van der Waals surface area contributed by atoms with Crippen LogP contribution >= 0.6 is 0 Å². The number of amides is 1. The zero-order valence-corrected chi connectivity index (χ0v) is 12.9. The Labute approximate surface area is 125 Å². The highest BCUT2D eigenvalue weighted by molar-refractivity contribution is 5.96. The molecule has 0 aliphatic rings. The zero-order valence-electron chi connectivity index (χ0n) is 12.9. The number of hydrogen-bond donors (Lipinski definition) is 0. The van der Waals surface area contributed by atoms with E-state index in [0.29, 0.717) is 5.56 Å². The molecule has 110 valence electrons. The fourth-order valence-corrected chi connectivity index (χ4v) is 2.31. The monoisotopic (exact) mass is 285 g/mol. The van der Waals surface area contributed by atoms with Gasteiger partial charge >= 0.3 is 0 Å². The third-order valence-electron chi connectivity index (χ3n) is 4.09. The molecule has 0 N–H and O–H groups in total. The van der Waals surface area contributed by atoms with Gasteiger partial charge in [-0.25, -0.2) is 4.39 Å². The van der Waals surface area contributed by atoms with Crippen LogP contribution in [0.25, 0.3) is 0 Å². The minimum absolute atomic E-state index is 0.0203. The van der Waals surface area contributed by atoms with Crippen LogP contribution in [0.3, 0.4) is 0 Å². The summed E-state index contributed by atoms with van der Waals surface area (Å²) >= 11 is 0.